The third-order valence-electron chi connectivity index (χ3n) is 7.45. The molecule has 4 rings (SSSR count). The van der Waals surface area contributed by atoms with Crippen LogP contribution >= 0.6 is 0 Å². The third-order valence-corrected chi connectivity index (χ3v) is 7.45. The highest BCUT2D eigenvalue weighted by Crippen LogP contribution is 2.45. The average molecular weight is 466 g/mol. The van der Waals surface area contributed by atoms with Crippen LogP contribution in [0.2, 0.25) is 0 Å². The van der Waals surface area contributed by atoms with Gasteiger partial charge in [0.05, 0.1) is 12.7 Å². The van der Waals surface area contributed by atoms with Crippen LogP contribution < -0.4 is 5.32 Å². The van der Waals surface area contributed by atoms with Gasteiger partial charge in [0.25, 0.3) is 0 Å². The highest BCUT2D eigenvalue weighted by Gasteiger charge is 2.47. The number of allylic oxidation sites excluding steroid dienone is 3. The SMILES string of the molecule is COC(=O)[C@H]1C(=O)C2=C(C[C@H]1C)NC(C)=C(C(=O)OC1CCCCCC1)[C@@H]2c1ccc(C)cc1. The Morgan fingerprint density at radius 3 is 2.26 bits per heavy atom. The molecule has 0 aromatic heterocycles. The van der Waals surface area contributed by atoms with Gasteiger partial charge in [0.2, 0.25) is 0 Å². The van der Waals surface area contributed by atoms with Gasteiger partial charge in [-0.05, 0) is 57.4 Å². The zero-order valence-electron chi connectivity index (χ0n) is 20.6. The summed E-state index contributed by atoms with van der Waals surface area (Å²) in [5, 5.41) is 3.33. The van der Waals surface area contributed by atoms with Crippen molar-refractivity contribution in [2.45, 2.75) is 77.7 Å². The fourth-order valence-corrected chi connectivity index (χ4v) is 5.62. The summed E-state index contributed by atoms with van der Waals surface area (Å²) >= 11 is 0. The van der Waals surface area contributed by atoms with E-state index in [1.165, 1.54) is 20.0 Å². The van der Waals surface area contributed by atoms with Gasteiger partial charge in [-0.1, -0.05) is 49.6 Å². The van der Waals surface area contributed by atoms with E-state index in [-0.39, 0.29) is 23.8 Å². The van der Waals surface area contributed by atoms with Crippen molar-refractivity contribution in [3.05, 3.63) is 57.9 Å². The molecule has 2 aliphatic carbocycles. The van der Waals surface area contributed by atoms with Crippen LogP contribution in [0.3, 0.4) is 0 Å². The Morgan fingerprint density at radius 2 is 1.65 bits per heavy atom. The van der Waals surface area contributed by atoms with Gasteiger partial charge in [0, 0.05) is 22.9 Å². The molecular weight excluding hydrogens is 430 g/mol. The van der Waals surface area contributed by atoms with Crippen LogP contribution in [-0.4, -0.2) is 30.9 Å². The molecular formula is C28H35NO5. The second-order valence-corrected chi connectivity index (χ2v) is 9.96. The van der Waals surface area contributed by atoms with Gasteiger partial charge in [-0.15, -0.1) is 0 Å². The van der Waals surface area contributed by atoms with Gasteiger partial charge in [-0.3, -0.25) is 9.59 Å². The number of carbonyl (C=O) groups is 3. The first-order chi connectivity index (χ1) is 16.3. The zero-order valence-corrected chi connectivity index (χ0v) is 20.6. The number of nitrogens with one attached hydrogen (secondary N) is 1. The molecule has 0 saturated heterocycles. The minimum Gasteiger partial charge on any atom is -0.468 e. The maximum atomic E-state index is 13.8. The van der Waals surface area contributed by atoms with Gasteiger partial charge in [-0.25, -0.2) is 4.79 Å². The zero-order chi connectivity index (χ0) is 24.4. The van der Waals surface area contributed by atoms with E-state index in [1.807, 2.05) is 45.0 Å². The fraction of sp³-hybridized carbons (Fsp3) is 0.536. The van der Waals surface area contributed by atoms with Crippen molar-refractivity contribution in [3.63, 3.8) is 0 Å². The Kier molecular flexibility index (Phi) is 7.24. The molecule has 0 spiro atoms. The summed E-state index contributed by atoms with van der Waals surface area (Å²) in [5.41, 5.74) is 4.37. The Hall–Kier alpha value is -2.89. The van der Waals surface area contributed by atoms with Crippen molar-refractivity contribution < 1.29 is 23.9 Å². The lowest BCUT2D eigenvalue weighted by Crippen LogP contribution is -2.43. The molecule has 6 heteroatoms. The van der Waals surface area contributed by atoms with Crippen molar-refractivity contribution in [1.29, 1.82) is 0 Å². The lowest BCUT2D eigenvalue weighted by atomic mass is 9.69. The summed E-state index contributed by atoms with van der Waals surface area (Å²) in [6.45, 7) is 5.76. The topological polar surface area (TPSA) is 81.7 Å². The smallest absolute Gasteiger partial charge is 0.337 e. The largest absolute Gasteiger partial charge is 0.468 e. The summed E-state index contributed by atoms with van der Waals surface area (Å²) < 4.78 is 11.0. The van der Waals surface area contributed by atoms with E-state index in [4.69, 9.17) is 9.47 Å². The van der Waals surface area contributed by atoms with Crippen LogP contribution in [0, 0.1) is 18.8 Å². The normalized spacial score (nSPS) is 25.9. The van der Waals surface area contributed by atoms with Gasteiger partial charge in [-0.2, -0.15) is 0 Å². The van der Waals surface area contributed by atoms with Crippen molar-refractivity contribution in [2.24, 2.45) is 11.8 Å². The van der Waals surface area contributed by atoms with Gasteiger partial charge >= 0.3 is 11.9 Å². The average Bonchev–Trinajstić information content (AvgIpc) is 3.07. The van der Waals surface area contributed by atoms with E-state index in [0.717, 1.165) is 42.5 Å². The predicted octanol–water partition coefficient (Wildman–Crippen LogP) is 4.87. The van der Waals surface area contributed by atoms with Crippen LogP contribution in [-0.2, 0) is 23.9 Å². The number of ketones is 1. The Morgan fingerprint density at radius 1 is 1.00 bits per heavy atom. The van der Waals surface area contributed by atoms with Gasteiger partial charge in [0.1, 0.15) is 12.0 Å². The molecule has 3 atom stereocenters. The van der Waals surface area contributed by atoms with Crippen LogP contribution in [0.1, 0.15) is 75.8 Å². The van der Waals surface area contributed by atoms with Crippen molar-refractivity contribution >= 4 is 17.7 Å². The molecule has 1 heterocycles. The Bertz CT molecular complexity index is 1030. The summed E-state index contributed by atoms with van der Waals surface area (Å²) in [5.74, 6) is -2.84. The molecule has 1 fully saturated rings. The summed E-state index contributed by atoms with van der Waals surface area (Å²) in [7, 11) is 1.31. The second kappa shape index (κ2) is 10.2. The number of hydrogen-bond donors (Lipinski definition) is 1. The molecule has 1 aliphatic heterocycles. The molecule has 3 aliphatic rings. The maximum Gasteiger partial charge on any atom is 0.337 e. The molecule has 0 amide bonds. The van der Waals surface area contributed by atoms with E-state index in [9.17, 15) is 14.4 Å². The predicted molar refractivity (Wildman–Crippen MR) is 129 cm³/mol. The van der Waals surface area contributed by atoms with Crippen LogP contribution in [0.4, 0.5) is 0 Å². The van der Waals surface area contributed by atoms with Crippen molar-refractivity contribution in [3.8, 4) is 0 Å². The molecule has 182 valence electrons. The fourth-order valence-electron chi connectivity index (χ4n) is 5.62. The summed E-state index contributed by atoms with van der Waals surface area (Å²) in [6.07, 6.45) is 6.62. The molecule has 0 radical (unpaired) electrons. The van der Waals surface area contributed by atoms with E-state index >= 15 is 0 Å². The molecule has 0 bridgehead atoms. The number of methoxy groups -OCH3 is 1. The summed E-state index contributed by atoms with van der Waals surface area (Å²) in [4.78, 5) is 39.9. The molecule has 6 nitrogen and oxygen atoms in total. The lowest BCUT2D eigenvalue weighted by Gasteiger charge is -2.38. The van der Waals surface area contributed by atoms with Crippen LogP contribution in [0.15, 0.2) is 46.8 Å². The number of rotatable bonds is 4. The van der Waals surface area contributed by atoms with Gasteiger partial charge < -0.3 is 14.8 Å². The lowest BCUT2D eigenvalue weighted by molar-refractivity contribution is -0.151. The van der Waals surface area contributed by atoms with E-state index in [1.54, 1.807) is 0 Å². The highest BCUT2D eigenvalue weighted by atomic mass is 16.5. The van der Waals surface area contributed by atoms with E-state index < -0.39 is 17.8 Å². The molecule has 1 N–H and O–H groups in total. The Labute approximate surface area is 201 Å². The van der Waals surface area contributed by atoms with Crippen molar-refractivity contribution in [1.82, 2.24) is 5.32 Å². The first kappa shape index (κ1) is 24.2. The summed E-state index contributed by atoms with van der Waals surface area (Å²) in [6, 6.07) is 7.88. The third kappa shape index (κ3) is 4.68. The number of benzene rings is 1. The van der Waals surface area contributed by atoms with Gasteiger partial charge in [0.15, 0.2) is 5.78 Å². The Balaban J connectivity index is 1.76. The number of ether oxygens (including phenoxy) is 2. The highest BCUT2D eigenvalue weighted by molar-refractivity contribution is 6.12. The first-order valence-corrected chi connectivity index (χ1v) is 12.4. The molecule has 1 saturated carbocycles. The first-order valence-electron chi connectivity index (χ1n) is 12.4. The molecule has 1 aromatic carbocycles. The van der Waals surface area contributed by atoms with E-state index in [2.05, 4.69) is 5.32 Å². The van der Waals surface area contributed by atoms with E-state index in [0.29, 0.717) is 23.3 Å². The minimum atomic E-state index is -0.879. The molecule has 0 unspecified atom stereocenters. The number of aryl methyl sites for hydroxylation is 1. The number of esters is 2. The quantitative estimate of drug-likeness (QED) is 0.388. The van der Waals surface area contributed by atoms with Crippen molar-refractivity contribution in [2.75, 3.05) is 7.11 Å². The molecule has 34 heavy (non-hydrogen) atoms. The number of Topliss-reactive ketones (excluding diaryl/α,β-unsaturated/α-hetero) is 1. The minimum absolute atomic E-state index is 0.103. The monoisotopic (exact) mass is 465 g/mol. The molecule has 1 aromatic rings. The second-order valence-electron chi connectivity index (χ2n) is 9.96. The maximum absolute atomic E-state index is 13.8. The number of dihydropyridines is 1. The standard InChI is InChI=1S/C28H35NO5/c1-16-11-13-19(14-12-16)24-23(28(32)34-20-9-7-5-6-8-10-20)18(3)29-21-15-17(2)22(27(31)33-4)26(30)25(21)24/h11-14,17,20,22,24,29H,5-10,15H2,1-4H3/t17-,22-,24+/m1/s1. The van der Waals surface area contributed by atoms with Crippen LogP contribution in [0.25, 0.3) is 0 Å². The number of hydrogen-bond acceptors (Lipinski definition) is 6. The number of carbonyl (C=O) groups excluding carboxylic acids is 3. The van der Waals surface area contributed by atoms with Crippen LogP contribution in [0.5, 0.6) is 0 Å².